The summed E-state index contributed by atoms with van der Waals surface area (Å²) in [6.07, 6.45) is 0.708. The summed E-state index contributed by atoms with van der Waals surface area (Å²) >= 11 is 1.45. The number of hydrogen-bond donors (Lipinski definition) is 3. The average Bonchev–Trinajstić information content (AvgIpc) is 4.05. The smallest absolute Gasteiger partial charge is 0.413 e. The number of nitrogens with zero attached hydrogens (tertiary/aromatic N) is 3. The minimum absolute atomic E-state index is 0.0920. The van der Waals surface area contributed by atoms with E-state index >= 15 is 0 Å². The molecule has 3 heterocycles. The van der Waals surface area contributed by atoms with Gasteiger partial charge in [0.2, 0.25) is 21.8 Å². The molecule has 310 valence electrons. The number of sulfonamides is 1. The normalized spacial score (nSPS) is 23.1. The van der Waals surface area contributed by atoms with Crippen molar-refractivity contribution in [1.29, 1.82) is 0 Å². The standard InChI is InChI=1S/C41H50N6O9S2/c1-11-25-17-41(25,39(50)46-58(52,53)26-12-13-26)45-36(48)35-24(9)32(18-47(35)38(49)33(21(4)5)44-40(51)55-22(6)7)56-31-16-28(37-43-29(19-57-37)20(2)3)42-34-23(8)30(54-10)15-14-27(31)34/h11,14-16,19-20,24-26,32-33,35H,1,4,6,12-13,17-18H2,2-3,5,7-10H3,(H,44,51)(H,45,48)(H,46,50)/t24-,25-,32+,33+,35+,41-/m1/s1. The molecule has 0 spiro atoms. The Morgan fingerprint density at radius 2 is 1.81 bits per heavy atom. The predicted molar refractivity (Wildman–Crippen MR) is 220 cm³/mol. The molecule has 2 aromatic heterocycles. The molecule has 15 nitrogen and oxygen atoms in total. The third kappa shape index (κ3) is 8.32. The highest BCUT2D eigenvalue weighted by molar-refractivity contribution is 7.91. The highest BCUT2D eigenvalue weighted by Gasteiger charge is 2.62. The molecule has 1 saturated heterocycles. The van der Waals surface area contributed by atoms with E-state index in [1.165, 1.54) is 29.2 Å². The summed E-state index contributed by atoms with van der Waals surface area (Å²) in [5.74, 6) is -2.22. The van der Waals surface area contributed by atoms with Crippen LogP contribution < -0.4 is 24.8 Å². The van der Waals surface area contributed by atoms with Gasteiger partial charge in [0.1, 0.15) is 45.9 Å². The Morgan fingerprint density at radius 3 is 2.38 bits per heavy atom. The van der Waals surface area contributed by atoms with Gasteiger partial charge in [-0.25, -0.2) is 23.2 Å². The molecule has 4 amide bonds. The maximum atomic E-state index is 14.6. The van der Waals surface area contributed by atoms with Crippen molar-refractivity contribution in [2.75, 3.05) is 13.7 Å². The number of pyridine rings is 1. The lowest BCUT2D eigenvalue weighted by Gasteiger charge is -2.31. The van der Waals surface area contributed by atoms with Crippen molar-refractivity contribution in [3.8, 4) is 22.2 Å². The monoisotopic (exact) mass is 834 g/mol. The molecule has 0 unspecified atom stereocenters. The quantitative estimate of drug-likeness (QED) is 0.133. The zero-order valence-electron chi connectivity index (χ0n) is 33.7. The van der Waals surface area contributed by atoms with Gasteiger partial charge in [-0.05, 0) is 63.7 Å². The second-order valence-corrected chi connectivity index (χ2v) is 18.5. The Hall–Kier alpha value is -5.29. The fourth-order valence-electron chi connectivity index (χ4n) is 7.23. The molecule has 1 aromatic carbocycles. The van der Waals surface area contributed by atoms with Crippen LogP contribution in [0.15, 0.2) is 60.7 Å². The fourth-order valence-corrected chi connectivity index (χ4v) is 9.53. The van der Waals surface area contributed by atoms with Crippen molar-refractivity contribution in [2.24, 2.45) is 11.8 Å². The first kappa shape index (κ1) is 42.3. The number of aromatic nitrogens is 2. The summed E-state index contributed by atoms with van der Waals surface area (Å²) in [5, 5.41) is 7.98. The lowest BCUT2D eigenvalue weighted by molar-refractivity contribution is -0.141. The topological polar surface area (TPSA) is 195 Å². The van der Waals surface area contributed by atoms with E-state index in [0.717, 1.165) is 11.3 Å². The molecule has 6 rings (SSSR count). The highest BCUT2D eigenvalue weighted by Crippen LogP contribution is 2.46. The van der Waals surface area contributed by atoms with Crippen molar-refractivity contribution in [3.05, 3.63) is 72.0 Å². The van der Waals surface area contributed by atoms with E-state index in [1.54, 1.807) is 27.0 Å². The maximum absolute atomic E-state index is 14.6. The van der Waals surface area contributed by atoms with Gasteiger partial charge in [0.05, 0.1) is 35.9 Å². The van der Waals surface area contributed by atoms with E-state index in [9.17, 15) is 27.6 Å². The van der Waals surface area contributed by atoms with Crippen molar-refractivity contribution in [1.82, 2.24) is 30.2 Å². The van der Waals surface area contributed by atoms with Crippen molar-refractivity contribution < 1.29 is 41.8 Å². The highest BCUT2D eigenvalue weighted by atomic mass is 32.2. The molecule has 2 aliphatic carbocycles. The molecular weight excluding hydrogens is 785 g/mol. The van der Waals surface area contributed by atoms with Gasteiger partial charge >= 0.3 is 6.09 Å². The minimum Gasteiger partial charge on any atom is -0.496 e. The Labute approximate surface area is 342 Å². The summed E-state index contributed by atoms with van der Waals surface area (Å²) in [6.45, 7) is 21.9. The Balaban J connectivity index is 1.39. The number of rotatable bonds is 15. The second kappa shape index (κ2) is 16.2. The zero-order valence-corrected chi connectivity index (χ0v) is 35.3. The van der Waals surface area contributed by atoms with E-state index in [1.807, 2.05) is 24.4 Å². The van der Waals surface area contributed by atoms with Gasteiger partial charge in [0.25, 0.3) is 5.91 Å². The third-order valence-electron chi connectivity index (χ3n) is 10.8. The molecule has 0 radical (unpaired) electrons. The number of likely N-dealkylation sites (tertiary alicyclic amines) is 1. The number of thiazole rings is 1. The fraction of sp³-hybridized carbons (Fsp3) is 0.463. The molecule has 3 aliphatic rings. The predicted octanol–water partition coefficient (Wildman–Crippen LogP) is 5.27. The summed E-state index contributed by atoms with van der Waals surface area (Å²) < 4.78 is 45.3. The molecule has 3 N–H and O–H groups in total. The van der Waals surface area contributed by atoms with E-state index in [0.29, 0.717) is 45.9 Å². The third-order valence-corrected chi connectivity index (χ3v) is 13.5. The number of carbonyl (C=O) groups excluding carboxylic acids is 4. The first-order valence-corrected chi connectivity index (χ1v) is 21.5. The zero-order chi connectivity index (χ0) is 42.4. The number of hydrogen-bond acceptors (Lipinski definition) is 12. The first-order chi connectivity index (χ1) is 27.3. The largest absolute Gasteiger partial charge is 0.496 e. The number of amides is 4. The number of allylic oxidation sites excluding steroid dienone is 1. The number of fused-ring (bicyclic) bond motifs is 1. The number of benzene rings is 1. The van der Waals surface area contributed by atoms with Crippen LogP contribution in [0.4, 0.5) is 4.79 Å². The van der Waals surface area contributed by atoms with Gasteiger partial charge in [-0.1, -0.05) is 40.0 Å². The molecule has 6 atom stereocenters. The Morgan fingerprint density at radius 1 is 1.10 bits per heavy atom. The molecular formula is C41H50N6O9S2. The van der Waals surface area contributed by atoms with E-state index in [2.05, 4.69) is 48.9 Å². The number of ether oxygens (including phenoxy) is 3. The molecule has 1 aliphatic heterocycles. The lowest BCUT2D eigenvalue weighted by atomic mass is 9.98. The number of methoxy groups -OCH3 is 1. The van der Waals surface area contributed by atoms with Gasteiger partial charge in [-0.3, -0.25) is 19.1 Å². The summed E-state index contributed by atoms with van der Waals surface area (Å²) in [7, 11) is -2.37. The van der Waals surface area contributed by atoms with Crippen LogP contribution in [0.25, 0.3) is 21.6 Å². The number of carbonyl (C=O) groups is 4. The van der Waals surface area contributed by atoms with Crippen LogP contribution in [0.5, 0.6) is 11.5 Å². The van der Waals surface area contributed by atoms with E-state index in [4.69, 9.17) is 24.2 Å². The van der Waals surface area contributed by atoms with Gasteiger partial charge < -0.3 is 29.7 Å². The minimum atomic E-state index is -3.94. The maximum Gasteiger partial charge on any atom is 0.413 e. The Bertz CT molecular complexity index is 2320. The Kier molecular flexibility index (Phi) is 11.8. The molecule has 3 aromatic rings. The number of aryl methyl sites for hydroxylation is 1. The summed E-state index contributed by atoms with van der Waals surface area (Å²) in [5.41, 5.74) is 1.50. The van der Waals surface area contributed by atoms with Crippen LogP contribution in [0.2, 0.25) is 0 Å². The van der Waals surface area contributed by atoms with Gasteiger partial charge in [0.15, 0.2) is 0 Å². The van der Waals surface area contributed by atoms with Crippen LogP contribution in [0, 0.1) is 18.8 Å². The molecule has 0 bridgehead atoms. The van der Waals surface area contributed by atoms with E-state index < -0.39 is 74.7 Å². The van der Waals surface area contributed by atoms with Crippen molar-refractivity contribution >= 4 is 56.1 Å². The first-order valence-electron chi connectivity index (χ1n) is 19.0. The van der Waals surface area contributed by atoms with Crippen LogP contribution in [-0.4, -0.2) is 89.7 Å². The van der Waals surface area contributed by atoms with Crippen LogP contribution in [-0.2, 0) is 29.1 Å². The SMILES string of the molecule is C=C[C@@H]1C[C@]1(NC(=O)[C@@H]1[C@H](C)[C@@H](Oc2cc(-c3nc(C(C)C)cs3)nc3c(C)c(OC)ccc23)CN1C(=O)[C@@H](NC(=O)OC(=C)C)C(=C)C)C(=O)NS(=O)(=O)C1CC1. The second-order valence-electron chi connectivity index (χ2n) is 15.7. The van der Waals surface area contributed by atoms with Gasteiger partial charge in [0, 0.05) is 34.2 Å². The lowest BCUT2D eigenvalue weighted by Crippen LogP contribution is -2.59. The van der Waals surface area contributed by atoms with Crippen LogP contribution >= 0.6 is 11.3 Å². The molecule has 58 heavy (non-hydrogen) atoms. The van der Waals surface area contributed by atoms with E-state index in [-0.39, 0.29) is 30.2 Å². The van der Waals surface area contributed by atoms with Gasteiger partial charge in [-0.2, -0.15) is 0 Å². The molecule has 2 saturated carbocycles. The summed E-state index contributed by atoms with van der Waals surface area (Å²) in [6, 6.07) is 2.85. The number of nitrogens with one attached hydrogen (secondary N) is 3. The summed E-state index contributed by atoms with van der Waals surface area (Å²) in [4.78, 5) is 66.6. The van der Waals surface area contributed by atoms with Crippen LogP contribution in [0.3, 0.4) is 0 Å². The molecule has 3 fully saturated rings. The average molecular weight is 835 g/mol. The van der Waals surface area contributed by atoms with Crippen LogP contribution in [0.1, 0.15) is 71.1 Å². The van der Waals surface area contributed by atoms with Gasteiger partial charge in [-0.15, -0.1) is 17.9 Å². The number of alkyl carbamates (subject to hydrolysis) is 1. The van der Waals surface area contributed by atoms with Crippen molar-refractivity contribution in [2.45, 2.75) is 95.7 Å². The molecule has 17 heteroatoms. The van der Waals surface area contributed by atoms with Crippen molar-refractivity contribution in [3.63, 3.8) is 0 Å².